The van der Waals surface area contributed by atoms with Crippen LogP contribution in [0.25, 0.3) is 0 Å². The Morgan fingerprint density at radius 2 is 2.17 bits per heavy atom. The fourth-order valence-corrected chi connectivity index (χ4v) is 3.12. The zero-order valence-electron chi connectivity index (χ0n) is 13.8. The van der Waals surface area contributed by atoms with Crippen LogP contribution in [0.15, 0.2) is 41.7 Å². The first kappa shape index (κ1) is 15.5. The van der Waals surface area contributed by atoms with E-state index in [1.807, 2.05) is 11.6 Å². The van der Waals surface area contributed by atoms with E-state index in [1.165, 1.54) is 5.56 Å². The Labute approximate surface area is 137 Å². The van der Waals surface area contributed by atoms with Crippen molar-refractivity contribution in [3.8, 4) is 0 Å². The van der Waals surface area contributed by atoms with Gasteiger partial charge in [-0.1, -0.05) is 30.3 Å². The highest BCUT2D eigenvalue weighted by Crippen LogP contribution is 2.26. The molecule has 0 amide bonds. The second-order valence-electron chi connectivity index (χ2n) is 5.78. The van der Waals surface area contributed by atoms with Crippen molar-refractivity contribution in [1.82, 2.24) is 25.0 Å². The number of aromatic nitrogens is 3. The van der Waals surface area contributed by atoms with Gasteiger partial charge in [0.05, 0.1) is 6.54 Å². The van der Waals surface area contributed by atoms with Crippen LogP contribution in [-0.2, 0) is 13.1 Å². The van der Waals surface area contributed by atoms with Crippen LogP contribution in [0, 0.1) is 0 Å². The predicted molar refractivity (Wildman–Crippen MR) is 91.3 cm³/mol. The van der Waals surface area contributed by atoms with E-state index in [1.54, 1.807) is 6.33 Å². The lowest BCUT2D eigenvalue weighted by molar-refractivity contribution is 0.482. The first-order chi connectivity index (χ1) is 11.3. The topological polar surface area (TPSA) is 58.3 Å². The standard InChI is InChI=1S/C17H24N6/c1-3-22-13-20-21-16(22)11-19-17(18-2)23-10-9-15(12-23)14-7-5-4-6-8-14/h4-8,13,15H,3,9-12H2,1-2H3,(H,18,19). The second kappa shape index (κ2) is 7.26. The van der Waals surface area contributed by atoms with E-state index in [-0.39, 0.29) is 0 Å². The monoisotopic (exact) mass is 312 g/mol. The van der Waals surface area contributed by atoms with Crippen LogP contribution in [0.1, 0.15) is 30.7 Å². The summed E-state index contributed by atoms with van der Waals surface area (Å²) in [7, 11) is 1.84. The molecule has 1 aliphatic rings. The number of hydrogen-bond donors (Lipinski definition) is 1. The van der Waals surface area contributed by atoms with Crippen molar-refractivity contribution in [2.75, 3.05) is 20.1 Å². The number of nitrogens with zero attached hydrogens (tertiary/aromatic N) is 5. The molecule has 2 heterocycles. The predicted octanol–water partition coefficient (Wildman–Crippen LogP) is 1.86. The Balaban J connectivity index is 1.59. The summed E-state index contributed by atoms with van der Waals surface area (Å²) in [6.07, 6.45) is 2.93. The maximum Gasteiger partial charge on any atom is 0.194 e. The largest absolute Gasteiger partial charge is 0.349 e. The molecule has 1 unspecified atom stereocenters. The van der Waals surface area contributed by atoms with Crippen LogP contribution in [0.4, 0.5) is 0 Å². The lowest BCUT2D eigenvalue weighted by Gasteiger charge is -2.21. The molecule has 0 spiro atoms. The van der Waals surface area contributed by atoms with Crippen molar-refractivity contribution < 1.29 is 0 Å². The number of hydrogen-bond acceptors (Lipinski definition) is 3. The molecule has 23 heavy (non-hydrogen) atoms. The zero-order chi connectivity index (χ0) is 16.1. The number of aliphatic imine (C=N–C) groups is 1. The Bertz CT molecular complexity index is 648. The maximum atomic E-state index is 4.43. The summed E-state index contributed by atoms with van der Waals surface area (Å²) < 4.78 is 2.04. The molecule has 0 saturated carbocycles. The highest BCUT2D eigenvalue weighted by Gasteiger charge is 2.25. The lowest BCUT2D eigenvalue weighted by Crippen LogP contribution is -2.40. The van der Waals surface area contributed by atoms with Crippen molar-refractivity contribution in [2.45, 2.75) is 32.4 Å². The van der Waals surface area contributed by atoms with Gasteiger partial charge in [-0.2, -0.15) is 0 Å². The Morgan fingerprint density at radius 3 is 2.91 bits per heavy atom. The molecule has 1 atom stereocenters. The molecule has 1 fully saturated rings. The summed E-state index contributed by atoms with van der Waals surface area (Å²) in [5, 5.41) is 11.5. The number of benzene rings is 1. The first-order valence-corrected chi connectivity index (χ1v) is 8.19. The van der Waals surface area contributed by atoms with Crippen molar-refractivity contribution >= 4 is 5.96 Å². The van der Waals surface area contributed by atoms with Gasteiger partial charge in [0.2, 0.25) is 0 Å². The highest BCUT2D eigenvalue weighted by atomic mass is 15.3. The van der Waals surface area contributed by atoms with Crippen molar-refractivity contribution in [1.29, 1.82) is 0 Å². The van der Waals surface area contributed by atoms with E-state index in [0.717, 1.165) is 37.8 Å². The van der Waals surface area contributed by atoms with E-state index in [0.29, 0.717) is 12.5 Å². The molecule has 1 N–H and O–H groups in total. The summed E-state index contributed by atoms with van der Waals surface area (Å²) in [6, 6.07) is 10.7. The van der Waals surface area contributed by atoms with Gasteiger partial charge in [-0.3, -0.25) is 4.99 Å². The minimum absolute atomic E-state index is 0.578. The Morgan fingerprint density at radius 1 is 1.35 bits per heavy atom. The van der Waals surface area contributed by atoms with E-state index >= 15 is 0 Å². The molecular formula is C17H24N6. The van der Waals surface area contributed by atoms with Crippen LogP contribution in [0.5, 0.6) is 0 Å². The van der Waals surface area contributed by atoms with E-state index in [2.05, 4.69) is 62.7 Å². The second-order valence-corrected chi connectivity index (χ2v) is 5.78. The summed E-state index contributed by atoms with van der Waals surface area (Å²) >= 11 is 0. The summed E-state index contributed by atoms with van der Waals surface area (Å²) in [5.41, 5.74) is 1.41. The highest BCUT2D eigenvalue weighted by molar-refractivity contribution is 5.80. The van der Waals surface area contributed by atoms with Gasteiger partial charge < -0.3 is 14.8 Å². The molecule has 1 aliphatic heterocycles. The smallest absolute Gasteiger partial charge is 0.194 e. The molecule has 1 aromatic heterocycles. The summed E-state index contributed by atoms with van der Waals surface area (Å²) in [5.74, 6) is 2.45. The van der Waals surface area contributed by atoms with Crippen LogP contribution in [0.3, 0.4) is 0 Å². The minimum Gasteiger partial charge on any atom is -0.349 e. The van der Waals surface area contributed by atoms with Crippen molar-refractivity contribution in [3.63, 3.8) is 0 Å². The molecule has 6 heteroatoms. The molecule has 0 bridgehead atoms. The number of rotatable bonds is 4. The Kier molecular flexibility index (Phi) is 4.90. The van der Waals surface area contributed by atoms with Gasteiger partial charge in [0.15, 0.2) is 11.8 Å². The normalized spacial score (nSPS) is 18.4. The average molecular weight is 312 g/mol. The maximum absolute atomic E-state index is 4.43. The molecule has 0 radical (unpaired) electrons. The van der Waals surface area contributed by atoms with Gasteiger partial charge in [-0.15, -0.1) is 10.2 Å². The first-order valence-electron chi connectivity index (χ1n) is 8.19. The summed E-state index contributed by atoms with van der Waals surface area (Å²) in [6.45, 7) is 5.64. The van der Waals surface area contributed by atoms with E-state index < -0.39 is 0 Å². The molecular weight excluding hydrogens is 288 g/mol. The van der Waals surface area contributed by atoms with Gasteiger partial charge in [0, 0.05) is 32.6 Å². The van der Waals surface area contributed by atoms with Crippen LogP contribution in [-0.4, -0.2) is 45.8 Å². The van der Waals surface area contributed by atoms with Gasteiger partial charge >= 0.3 is 0 Å². The third-order valence-electron chi connectivity index (χ3n) is 4.41. The summed E-state index contributed by atoms with van der Waals surface area (Å²) in [4.78, 5) is 6.75. The SMILES string of the molecule is CCn1cnnc1CNC(=NC)N1CCC(c2ccccc2)C1. The molecule has 6 nitrogen and oxygen atoms in total. The van der Waals surface area contributed by atoms with Gasteiger partial charge in [-0.25, -0.2) is 0 Å². The van der Waals surface area contributed by atoms with Crippen LogP contribution in [0.2, 0.25) is 0 Å². The molecule has 0 aliphatic carbocycles. The van der Waals surface area contributed by atoms with Gasteiger partial charge in [0.25, 0.3) is 0 Å². The number of aryl methyl sites for hydroxylation is 1. The van der Waals surface area contributed by atoms with Crippen molar-refractivity contribution in [3.05, 3.63) is 48.0 Å². The third-order valence-corrected chi connectivity index (χ3v) is 4.41. The fraction of sp³-hybridized carbons (Fsp3) is 0.471. The van der Waals surface area contributed by atoms with E-state index in [4.69, 9.17) is 0 Å². The molecule has 3 rings (SSSR count). The van der Waals surface area contributed by atoms with Crippen LogP contribution < -0.4 is 5.32 Å². The lowest BCUT2D eigenvalue weighted by atomic mass is 9.99. The average Bonchev–Trinajstić information content (AvgIpc) is 3.25. The molecule has 122 valence electrons. The minimum atomic E-state index is 0.578. The van der Waals surface area contributed by atoms with Gasteiger partial charge in [0.1, 0.15) is 6.33 Å². The molecule has 1 aromatic carbocycles. The number of guanidine groups is 1. The fourth-order valence-electron chi connectivity index (χ4n) is 3.12. The van der Waals surface area contributed by atoms with Crippen molar-refractivity contribution in [2.24, 2.45) is 4.99 Å². The van der Waals surface area contributed by atoms with Gasteiger partial charge in [-0.05, 0) is 18.9 Å². The Hall–Kier alpha value is -2.37. The molecule has 1 saturated heterocycles. The quantitative estimate of drug-likeness (QED) is 0.691. The third kappa shape index (κ3) is 3.52. The number of nitrogens with one attached hydrogen (secondary N) is 1. The molecule has 2 aromatic rings. The number of likely N-dealkylation sites (tertiary alicyclic amines) is 1. The van der Waals surface area contributed by atoms with E-state index in [9.17, 15) is 0 Å². The zero-order valence-corrected chi connectivity index (χ0v) is 13.8. The van der Waals surface area contributed by atoms with Crippen LogP contribution >= 0.6 is 0 Å².